The Kier molecular flexibility index (Phi) is 41.3. The zero-order chi connectivity index (χ0) is 42.0. The van der Waals surface area contributed by atoms with E-state index in [1.165, 1.54) is 154 Å². The van der Waals surface area contributed by atoms with Crippen LogP contribution >= 0.6 is 0 Å². The largest absolute Gasteiger partial charge is 0.462 e. The van der Waals surface area contributed by atoms with E-state index in [-0.39, 0.29) is 31.1 Å². The van der Waals surface area contributed by atoms with Gasteiger partial charge in [-0.1, -0.05) is 234 Å². The van der Waals surface area contributed by atoms with Gasteiger partial charge in [0.2, 0.25) is 0 Å². The molecular weight excluding hydrogens is 709 g/mol. The first-order valence-corrected chi connectivity index (χ1v) is 25.2. The molecule has 0 fully saturated rings. The van der Waals surface area contributed by atoms with E-state index >= 15 is 0 Å². The van der Waals surface area contributed by atoms with Crippen molar-refractivity contribution in [2.45, 2.75) is 279 Å². The molecular formula is C51H98O6. The van der Waals surface area contributed by atoms with E-state index in [9.17, 15) is 14.4 Å². The first-order valence-electron chi connectivity index (χ1n) is 25.2. The van der Waals surface area contributed by atoms with Gasteiger partial charge in [0.15, 0.2) is 6.10 Å². The van der Waals surface area contributed by atoms with Crippen molar-refractivity contribution < 1.29 is 28.6 Å². The van der Waals surface area contributed by atoms with Gasteiger partial charge in [-0.2, -0.15) is 0 Å². The van der Waals surface area contributed by atoms with E-state index in [2.05, 4.69) is 41.5 Å². The Morgan fingerprint density at radius 1 is 0.351 bits per heavy atom. The SMILES string of the molecule is CCC(C)CCCCCCCCCCC(=O)OC[C@H](COC(=O)CCCCCCCCCCCCCCCCC(C)C)OC(=O)CCCCCCCCC(C)CC. The van der Waals surface area contributed by atoms with E-state index in [1.54, 1.807) is 0 Å². The van der Waals surface area contributed by atoms with Gasteiger partial charge in [-0.15, -0.1) is 0 Å². The number of hydrogen-bond acceptors (Lipinski definition) is 6. The Labute approximate surface area is 355 Å². The average Bonchev–Trinajstić information content (AvgIpc) is 3.19. The predicted octanol–water partition coefficient (Wildman–Crippen LogP) is 16.0. The number of esters is 3. The molecule has 0 aromatic heterocycles. The summed E-state index contributed by atoms with van der Waals surface area (Å²) in [6.07, 6.45) is 40.9. The first-order chi connectivity index (χ1) is 27.7. The molecule has 2 unspecified atom stereocenters. The van der Waals surface area contributed by atoms with Gasteiger partial charge in [0.05, 0.1) is 0 Å². The van der Waals surface area contributed by atoms with Crippen LogP contribution in [0.25, 0.3) is 0 Å². The summed E-state index contributed by atoms with van der Waals surface area (Å²) in [6.45, 7) is 13.7. The molecule has 57 heavy (non-hydrogen) atoms. The molecule has 0 spiro atoms. The van der Waals surface area contributed by atoms with Crippen LogP contribution in [0.4, 0.5) is 0 Å². The molecule has 0 aliphatic carbocycles. The van der Waals surface area contributed by atoms with Gasteiger partial charge in [-0.05, 0) is 37.0 Å². The molecule has 6 nitrogen and oxygen atoms in total. The fraction of sp³-hybridized carbons (Fsp3) is 0.941. The van der Waals surface area contributed by atoms with Crippen LogP contribution in [0.3, 0.4) is 0 Å². The number of carbonyl (C=O) groups excluding carboxylic acids is 3. The molecule has 338 valence electrons. The highest BCUT2D eigenvalue weighted by Gasteiger charge is 2.19. The molecule has 0 N–H and O–H groups in total. The van der Waals surface area contributed by atoms with E-state index in [0.29, 0.717) is 19.3 Å². The summed E-state index contributed by atoms with van der Waals surface area (Å²) >= 11 is 0. The second-order valence-corrected chi connectivity index (χ2v) is 18.4. The number of ether oxygens (including phenoxy) is 3. The second kappa shape index (κ2) is 42.5. The van der Waals surface area contributed by atoms with Gasteiger partial charge < -0.3 is 14.2 Å². The Bertz CT molecular complexity index is 887. The monoisotopic (exact) mass is 807 g/mol. The Morgan fingerprint density at radius 2 is 0.614 bits per heavy atom. The molecule has 6 heteroatoms. The van der Waals surface area contributed by atoms with E-state index < -0.39 is 6.10 Å². The lowest BCUT2D eigenvalue weighted by molar-refractivity contribution is -0.167. The molecule has 0 radical (unpaired) electrons. The van der Waals surface area contributed by atoms with Crippen LogP contribution in [0.15, 0.2) is 0 Å². The molecule has 0 heterocycles. The molecule has 0 rings (SSSR count). The predicted molar refractivity (Wildman–Crippen MR) is 243 cm³/mol. The van der Waals surface area contributed by atoms with E-state index in [1.807, 2.05) is 0 Å². The highest BCUT2D eigenvalue weighted by molar-refractivity contribution is 5.71. The number of carbonyl (C=O) groups is 3. The van der Waals surface area contributed by atoms with Gasteiger partial charge in [-0.3, -0.25) is 14.4 Å². The summed E-state index contributed by atoms with van der Waals surface area (Å²) in [5.41, 5.74) is 0. The first kappa shape index (κ1) is 55.4. The molecule has 0 saturated carbocycles. The Balaban J connectivity index is 4.28. The third kappa shape index (κ3) is 42.3. The van der Waals surface area contributed by atoms with Crippen LogP contribution < -0.4 is 0 Å². The maximum Gasteiger partial charge on any atom is 0.306 e. The lowest BCUT2D eigenvalue weighted by Gasteiger charge is -2.18. The number of hydrogen-bond donors (Lipinski definition) is 0. The lowest BCUT2D eigenvalue weighted by Crippen LogP contribution is -2.30. The molecule has 0 aromatic carbocycles. The lowest BCUT2D eigenvalue weighted by atomic mass is 9.99. The number of rotatable bonds is 44. The fourth-order valence-electron chi connectivity index (χ4n) is 7.52. The second-order valence-electron chi connectivity index (χ2n) is 18.4. The standard InChI is InChI=1S/C51H98O6/c1-7-46(5)38-32-26-20-17-18-22-29-35-41-50(53)56-44-48(57-51(54)42-36-30-24-23-27-33-39-47(6)8-2)43-55-49(52)40-34-28-21-16-14-12-10-9-11-13-15-19-25-31-37-45(3)4/h45-48H,7-44H2,1-6H3/t46?,47?,48-/m0/s1. The average molecular weight is 807 g/mol. The summed E-state index contributed by atoms with van der Waals surface area (Å²) in [7, 11) is 0. The summed E-state index contributed by atoms with van der Waals surface area (Å²) in [5, 5.41) is 0. The van der Waals surface area contributed by atoms with E-state index in [4.69, 9.17) is 14.2 Å². The molecule has 3 atom stereocenters. The smallest absolute Gasteiger partial charge is 0.306 e. The van der Waals surface area contributed by atoms with Crippen LogP contribution in [0, 0.1) is 17.8 Å². The minimum atomic E-state index is -0.763. The van der Waals surface area contributed by atoms with Crippen molar-refractivity contribution in [1.29, 1.82) is 0 Å². The Morgan fingerprint density at radius 3 is 0.912 bits per heavy atom. The van der Waals surface area contributed by atoms with Crippen molar-refractivity contribution >= 4 is 17.9 Å². The molecule has 0 aliphatic heterocycles. The van der Waals surface area contributed by atoms with Gasteiger partial charge in [-0.25, -0.2) is 0 Å². The molecule has 0 bridgehead atoms. The van der Waals surface area contributed by atoms with Crippen LogP contribution in [-0.2, 0) is 28.6 Å². The van der Waals surface area contributed by atoms with Crippen molar-refractivity contribution in [2.75, 3.05) is 13.2 Å². The zero-order valence-electron chi connectivity index (χ0n) is 39.1. The van der Waals surface area contributed by atoms with Crippen LogP contribution in [0.1, 0.15) is 273 Å². The maximum atomic E-state index is 12.7. The van der Waals surface area contributed by atoms with Crippen molar-refractivity contribution in [3.8, 4) is 0 Å². The van der Waals surface area contributed by atoms with Gasteiger partial charge in [0, 0.05) is 19.3 Å². The van der Waals surface area contributed by atoms with E-state index in [0.717, 1.165) is 75.5 Å². The highest BCUT2D eigenvalue weighted by Crippen LogP contribution is 2.18. The highest BCUT2D eigenvalue weighted by atomic mass is 16.6. The van der Waals surface area contributed by atoms with Gasteiger partial charge in [0.25, 0.3) is 0 Å². The molecule has 0 amide bonds. The van der Waals surface area contributed by atoms with Gasteiger partial charge in [0.1, 0.15) is 13.2 Å². The molecule has 0 aliphatic rings. The quantitative estimate of drug-likeness (QED) is 0.0347. The topological polar surface area (TPSA) is 78.9 Å². The van der Waals surface area contributed by atoms with Crippen molar-refractivity contribution in [1.82, 2.24) is 0 Å². The molecule has 0 aromatic rings. The summed E-state index contributed by atoms with van der Waals surface area (Å²) in [4.78, 5) is 37.8. The van der Waals surface area contributed by atoms with Crippen molar-refractivity contribution in [3.05, 3.63) is 0 Å². The minimum Gasteiger partial charge on any atom is -0.462 e. The third-order valence-electron chi connectivity index (χ3n) is 12.1. The number of unbranched alkanes of at least 4 members (excludes halogenated alkanes) is 25. The Hall–Kier alpha value is -1.59. The van der Waals surface area contributed by atoms with Crippen molar-refractivity contribution in [3.63, 3.8) is 0 Å². The molecule has 0 saturated heterocycles. The fourth-order valence-corrected chi connectivity index (χ4v) is 7.52. The normalized spacial score (nSPS) is 13.1. The summed E-state index contributed by atoms with van der Waals surface area (Å²) < 4.78 is 16.8. The van der Waals surface area contributed by atoms with Crippen LogP contribution in [0.5, 0.6) is 0 Å². The summed E-state index contributed by atoms with van der Waals surface area (Å²) in [5.74, 6) is 1.64. The zero-order valence-corrected chi connectivity index (χ0v) is 39.1. The van der Waals surface area contributed by atoms with Crippen LogP contribution in [-0.4, -0.2) is 37.2 Å². The third-order valence-corrected chi connectivity index (χ3v) is 12.1. The van der Waals surface area contributed by atoms with Gasteiger partial charge >= 0.3 is 17.9 Å². The van der Waals surface area contributed by atoms with Crippen LogP contribution in [0.2, 0.25) is 0 Å². The maximum absolute atomic E-state index is 12.7. The summed E-state index contributed by atoms with van der Waals surface area (Å²) in [6, 6.07) is 0. The minimum absolute atomic E-state index is 0.0659. The van der Waals surface area contributed by atoms with Crippen molar-refractivity contribution in [2.24, 2.45) is 17.8 Å².